The number of methoxy groups -OCH3 is 1. The van der Waals surface area contributed by atoms with Crippen LogP contribution in [-0.2, 0) is 0 Å². The number of hydrogen-bond donors (Lipinski definition) is 1. The normalized spacial score (nSPS) is 10.6. The molecule has 0 aliphatic carbocycles. The smallest absolute Gasteiger partial charge is 0.295 e. The summed E-state index contributed by atoms with van der Waals surface area (Å²) in [6.07, 6.45) is 0. The predicted molar refractivity (Wildman–Crippen MR) is 119 cm³/mol. The van der Waals surface area contributed by atoms with Crippen molar-refractivity contribution in [2.45, 2.75) is 6.92 Å². The molecule has 1 aromatic heterocycles. The topological polar surface area (TPSA) is 112 Å². The molecule has 0 aliphatic heterocycles. The van der Waals surface area contributed by atoms with Crippen molar-refractivity contribution in [3.8, 4) is 22.8 Å². The zero-order valence-electron chi connectivity index (χ0n) is 17.4. The van der Waals surface area contributed by atoms with E-state index in [1.807, 2.05) is 43.3 Å². The maximum atomic E-state index is 12.9. The zero-order chi connectivity index (χ0) is 22.7. The highest BCUT2D eigenvalue weighted by Crippen LogP contribution is 2.24. The highest BCUT2D eigenvalue weighted by atomic mass is 16.6. The molecule has 0 bridgehead atoms. The summed E-state index contributed by atoms with van der Waals surface area (Å²) in [5.41, 5.74) is 2.68. The SMILES string of the molecule is COc1ccc(-n2nc(C(=O)Nc3cccc([N+](=O)[O-])c3)nc2-c2cccc(C)c2)cc1. The fraction of sp³-hybridized carbons (Fsp3) is 0.0870. The Kier molecular flexibility index (Phi) is 5.63. The summed E-state index contributed by atoms with van der Waals surface area (Å²) in [6.45, 7) is 1.97. The molecule has 9 heteroatoms. The molecule has 0 aliphatic rings. The number of non-ortho nitro benzene ring substituents is 1. The molecule has 1 heterocycles. The van der Waals surface area contributed by atoms with Gasteiger partial charge in [-0.2, -0.15) is 0 Å². The molecule has 1 amide bonds. The highest BCUT2D eigenvalue weighted by Gasteiger charge is 2.20. The van der Waals surface area contributed by atoms with Crippen molar-refractivity contribution in [2.75, 3.05) is 12.4 Å². The number of ether oxygens (including phenoxy) is 1. The molecule has 0 radical (unpaired) electrons. The largest absolute Gasteiger partial charge is 0.497 e. The first-order valence-electron chi connectivity index (χ1n) is 9.69. The first-order valence-corrected chi connectivity index (χ1v) is 9.69. The average Bonchev–Trinajstić information content (AvgIpc) is 3.25. The number of nitrogens with one attached hydrogen (secondary N) is 1. The van der Waals surface area contributed by atoms with Crippen LogP contribution >= 0.6 is 0 Å². The van der Waals surface area contributed by atoms with Crippen molar-refractivity contribution in [3.05, 3.63) is 94.3 Å². The van der Waals surface area contributed by atoms with Gasteiger partial charge in [-0.1, -0.05) is 29.8 Å². The number of benzene rings is 3. The van der Waals surface area contributed by atoms with Gasteiger partial charge < -0.3 is 10.1 Å². The van der Waals surface area contributed by atoms with E-state index in [-0.39, 0.29) is 17.2 Å². The molecule has 1 N–H and O–H groups in total. The van der Waals surface area contributed by atoms with Gasteiger partial charge in [-0.25, -0.2) is 9.67 Å². The van der Waals surface area contributed by atoms with Gasteiger partial charge in [0, 0.05) is 23.4 Å². The van der Waals surface area contributed by atoms with Crippen LogP contribution in [0.3, 0.4) is 0 Å². The van der Waals surface area contributed by atoms with E-state index in [9.17, 15) is 14.9 Å². The molecule has 160 valence electrons. The third-order valence-electron chi connectivity index (χ3n) is 4.72. The lowest BCUT2D eigenvalue weighted by Gasteiger charge is -2.07. The van der Waals surface area contributed by atoms with E-state index in [0.717, 1.165) is 11.1 Å². The fourth-order valence-corrected chi connectivity index (χ4v) is 3.17. The predicted octanol–water partition coefficient (Wildman–Crippen LogP) is 4.41. The molecule has 4 rings (SSSR count). The minimum Gasteiger partial charge on any atom is -0.497 e. The number of anilines is 1. The van der Waals surface area contributed by atoms with Crippen LogP contribution < -0.4 is 10.1 Å². The first kappa shape index (κ1) is 20.7. The third kappa shape index (κ3) is 4.31. The van der Waals surface area contributed by atoms with Crippen molar-refractivity contribution in [3.63, 3.8) is 0 Å². The number of nitro groups is 1. The average molecular weight is 429 g/mol. The van der Waals surface area contributed by atoms with Crippen LogP contribution in [0.4, 0.5) is 11.4 Å². The van der Waals surface area contributed by atoms with E-state index >= 15 is 0 Å². The van der Waals surface area contributed by atoms with E-state index in [1.165, 1.54) is 18.2 Å². The van der Waals surface area contributed by atoms with Gasteiger partial charge in [0.2, 0.25) is 5.82 Å². The Balaban J connectivity index is 1.73. The summed E-state index contributed by atoms with van der Waals surface area (Å²) in [6, 6.07) is 20.6. The minimum atomic E-state index is -0.577. The molecular formula is C23H19N5O4. The second-order valence-electron chi connectivity index (χ2n) is 7.00. The van der Waals surface area contributed by atoms with Gasteiger partial charge >= 0.3 is 0 Å². The Bertz CT molecular complexity index is 1300. The number of carbonyl (C=O) groups is 1. The number of aromatic nitrogens is 3. The molecule has 0 saturated carbocycles. The van der Waals surface area contributed by atoms with E-state index in [1.54, 1.807) is 30.0 Å². The first-order chi connectivity index (χ1) is 15.4. The van der Waals surface area contributed by atoms with Crippen molar-refractivity contribution in [1.82, 2.24) is 14.8 Å². The Hall–Kier alpha value is -4.53. The standard InChI is InChI=1S/C23H19N5O4/c1-15-5-3-6-16(13-15)22-25-21(26-27(22)18-9-11-20(32-2)12-10-18)23(29)24-17-7-4-8-19(14-17)28(30)31/h3-14H,1-2H3,(H,24,29). The van der Waals surface area contributed by atoms with Crippen LogP contribution in [0.2, 0.25) is 0 Å². The molecule has 0 atom stereocenters. The number of carbonyl (C=O) groups excluding carboxylic acids is 1. The van der Waals surface area contributed by atoms with Gasteiger partial charge in [-0.15, -0.1) is 5.10 Å². The molecule has 32 heavy (non-hydrogen) atoms. The zero-order valence-corrected chi connectivity index (χ0v) is 17.4. The van der Waals surface area contributed by atoms with Crippen molar-refractivity contribution in [1.29, 1.82) is 0 Å². The highest BCUT2D eigenvalue weighted by molar-refractivity contribution is 6.02. The van der Waals surface area contributed by atoms with Gasteiger partial charge in [0.25, 0.3) is 11.6 Å². The van der Waals surface area contributed by atoms with Gasteiger partial charge in [-0.3, -0.25) is 14.9 Å². The van der Waals surface area contributed by atoms with Gasteiger partial charge in [0.05, 0.1) is 17.7 Å². The second-order valence-corrected chi connectivity index (χ2v) is 7.00. The van der Waals surface area contributed by atoms with Crippen molar-refractivity contribution in [2.24, 2.45) is 0 Å². The van der Waals surface area contributed by atoms with E-state index in [2.05, 4.69) is 15.4 Å². The second kappa shape index (κ2) is 8.68. The summed E-state index contributed by atoms with van der Waals surface area (Å²) in [7, 11) is 1.58. The monoisotopic (exact) mass is 429 g/mol. The molecule has 0 saturated heterocycles. The number of aryl methyl sites for hydroxylation is 1. The lowest BCUT2D eigenvalue weighted by atomic mass is 10.1. The van der Waals surface area contributed by atoms with Crippen LogP contribution in [0.25, 0.3) is 17.1 Å². The maximum Gasteiger partial charge on any atom is 0.295 e. The van der Waals surface area contributed by atoms with Gasteiger partial charge in [-0.05, 0) is 43.3 Å². The molecule has 0 spiro atoms. The Morgan fingerprint density at radius 3 is 2.50 bits per heavy atom. The molecule has 0 fully saturated rings. The summed E-state index contributed by atoms with van der Waals surface area (Å²) >= 11 is 0. The summed E-state index contributed by atoms with van der Waals surface area (Å²) < 4.78 is 6.79. The number of amides is 1. The molecule has 9 nitrogen and oxygen atoms in total. The minimum absolute atomic E-state index is 0.0659. The van der Waals surface area contributed by atoms with Crippen LogP contribution in [-0.4, -0.2) is 32.7 Å². The number of nitro benzene ring substituents is 1. The Morgan fingerprint density at radius 2 is 1.81 bits per heavy atom. The summed E-state index contributed by atoms with van der Waals surface area (Å²) in [5, 5.41) is 18.0. The number of hydrogen-bond acceptors (Lipinski definition) is 6. The quantitative estimate of drug-likeness (QED) is 0.359. The Morgan fingerprint density at radius 1 is 1.06 bits per heavy atom. The van der Waals surface area contributed by atoms with Crippen LogP contribution in [0.5, 0.6) is 5.75 Å². The van der Waals surface area contributed by atoms with Crippen LogP contribution in [0.1, 0.15) is 16.2 Å². The van der Waals surface area contributed by atoms with E-state index in [4.69, 9.17) is 4.74 Å². The Labute approximate surface area is 183 Å². The van der Waals surface area contributed by atoms with Crippen molar-refractivity contribution < 1.29 is 14.5 Å². The lowest BCUT2D eigenvalue weighted by Crippen LogP contribution is -2.14. The lowest BCUT2D eigenvalue weighted by molar-refractivity contribution is -0.384. The summed E-state index contributed by atoms with van der Waals surface area (Å²) in [5.74, 6) is 0.535. The van der Waals surface area contributed by atoms with E-state index in [0.29, 0.717) is 17.3 Å². The summed E-state index contributed by atoms with van der Waals surface area (Å²) in [4.78, 5) is 27.8. The van der Waals surface area contributed by atoms with Crippen LogP contribution in [0.15, 0.2) is 72.8 Å². The molecule has 0 unspecified atom stereocenters. The fourth-order valence-electron chi connectivity index (χ4n) is 3.17. The number of rotatable bonds is 6. The molecule has 3 aromatic carbocycles. The van der Waals surface area contributed by atoms with Gasteiger partial charge in [0.1, 0.15) is 5.75 Å². The number of nitrogens with zero attached hydrogens (tertiary/aromatic N) is 4. The maximum absolute atomic E-state index is 12.9. The molecule has 4 aromatic rings. The van der Waals surface area contributed by atoms with Gasteiger partial charge in [0.15, 0.2) is 5.82 Å². The van der Waals surface area contributed by atoms with Crippen LogP contribution in [0, 0.1) is 17.0 Å². The molecular weight excluding hydrogens is 410 g/mol. The third-order valence-corrected chi connectivity index (χ3v) is 4.72. The van der Waals surface area contributed by atoms with E-state index < -0.39 is 10.8 Å². The van der Waals surface area contributed by atoms with Crippen molar-refractivity contribution >= 4 is 17.3 Å².